The van der Waals surface area contributed by atoms with Crippen LogP contribution in [-0.2, 0) is 19.5 Å². The zero-order valence-corrected chi connectivity index (χ0v) is 13.1. The Labute approximate surface area is 117 Å². The van der Waals surface area contributed by atoms with Gasteiger partial charge in [0, 0.05) is 24.5 Å². The monoisotopic (exact) mass is 321 g/mol. The van der Waals surface area contributed by atoms with Gasteiger partial charge in [0.15, 0.2) is 0 Å². The molecule has 0 spiro atoms. The second-order valence-corrected chi connectivity index (χ2v) is 5.31. The summed E-state index contributed by atoms with van der Waals surface area (Å²) in [4.78, 5) is 0. The maximum Gasteiger partial charge on any atom is 0.0863 e. The Balaban J connectivity index is 2.72. The fourth-order valence-corrected chi connectivity index (χ4v) is 2.75. The minimum Gasteiger partial charge on any atom is -0.309 e. The first-order valence-electron chi connectivity index (χ1n) is 6.17. The summed E-state index contributed by atoms with van der Waals surface area (Å²) in [5.41, 5.74) is 2.10. The van der Waals surface area contributed by atoms with Crippen molar-refractivity contribution in [2.75, 3.05) is 5.33 Å². The molecular formula is C12H21BrClN3. The second-order valence-electron chi connectivity index (χ2n) is 4.14. The number of rotatable bonds is 7. The number of nitrogens with zero attached hydrogens (tertiary/aromatic N) is 2. The molecule has 98 valence electrons. The van der Waals surface area contributed by atoms with E-state index in [2.05, 4.69) is 47.1 Å². The Kier molecular flexibility index (Phi) is 6.52. The van der Waals surface area contributed by atoms with Crippen molar-refractivity contribution in [3.05, 3.63) is 16.4 Å². The molecule has 0 saturated carbocycles. The average Bonchev–Trinajstić information content (AvgIpc) is 2.63. The first kappa shape index (κ1) is 15.0. The molecule has 0 fully saturated rings. The van der Waals surface area contributed by atoms with Gasteiger partial charge in [-0.05, 0) is 26.7 Å². The second kappa shape index (κ2) is 7.39. The van der Waals surface area contributed by atoms with Crippen LogP contribution in [0.4, 0.5) is 0 Å². The van der Waals surface area contributed by atoms with Crippen LogP contribution in [0.5, 0.6) is 0 Å². The highest BCUT2D eigenvalue weighted by molar-refractivity contribution is 9.09. The first-order valence-corrected chi connectivity index (χ1v) is 7.67. The van der Waals surface area contributed by atoms with E-state index in [1.807, 2.05) is 4.68 Å². The van der Waals surface area contributed by atoms with Gasteiger partial charge >= 0.3 is 0 Å². The largest absolute Gasteiger partial charge is 0.309 e. The number of aryl methyl sites for hydroxylation is 2. The van der Waals surface area contributed by atoms with Gasteiger partial charge in [-0.3, -0.25) is 4.68 Å². The number of hydrogen-bond acceptors (Lipinski definition) is 2. The Hall–Kier alpha value is -0.0600. The van der Waals surface area contributed by atoms with E-state index in [9.17, 15) is 0 Å². The van der Waals surface area contributed by atoms with Crippen molar-refractivity contribution in [1.82, 2.24) is 15.1 Å². The Morgan fingerprint density at radius 1 is 1.47 bits per heavy atom. The highest BCUT2D eigenvalue weighted by Crippen LogP contribution is 2.21. The molecule has 0 amide bonds. The summed E-state index contributed by atoms with van der Waals surface area (Å²) in [6.07, 6.45) is 1.99. The van der Waals surface area contributed by atoms with Crippen LogP contribution in [0, 0.1) is 0 Å². The van der Waals surface area contributed by atoms with Gasteiger partial charge in [0.2, 0.25) is 0 Å². The molecule has 1 atom stereocenters. The van der Waals surface area contributed by atoms with Crippen LogP contribution in [0.1, 0.15) is 38.6 Å². The van der Waals surface area contributed by atoms with Gasteiger partial charge in [-0.15, -0.1) is 0 Å². The molecule has 1 aromatic rings. The van der Waals surface area contributed by atoms with E-state index in [0.29, 0.717) is 6.04 Å². The molecule has 0 bridgehead atoms. The quantitative estimate of drug-likeness (QED) is 0.780. The van der Waals surface area contributed by atoms with Gasteiger partial charge in [0.05, 0.1) is 16.4 Å². The topological polar surface area (TPSA) is 29.9 Å². The standard InChI is InChI=1S/C12H21BrClN3/c1-4-10-12(14)11(17(5-2)16-10)8-15-9(3)6-7-13/h9,15H,4-8H2,1-3H3. The molecule has 0 aliphatic heterocycles. The minimum atomic E-state index is 0.482. The highest BCUT2D eigenvalue weighted by atomic mass is 79.9. The molecule has 1 rings (SSSR count). The highest BCUT2D eigenvalue weighted by Gasteiger charge is 2.14. The third-order valence-electron chi connectivity index (χ3n) is 2.85. The predicted molar refractivity (Wildman–Crippen MR) is 77.0 cm³/mol. The summed E-state index contributed by atoms with van der Waals surface area (Å²) in [7, 11) is 0. The molecule has 3 nitrogen and oxygen atoms in total. The molecule has 0 aromatic carbocycles. The molecule has 1 N–H and O–H groups in total. The van der Waals surface area contributed by atoms with Crippen molar-refractivity contribution >= 4 is 27.5 Å². The van der Waals surface area contributed by atoms with Crippen LogP contribution in [0.15, 0.2) is 0 Å². The summed E-state index contributed by atoms with van der Waals surface area (Å²) < 4.78 is 2.00. The normalized spacial score (nSPS) is 13.0. The number of aromatic nitrogens is 2. The van der Waals surface area contributed by atoms with Crippen molar-refractivity contribution in [3.8, 4) is 0 Å². The van der Waals surface area contributed by atoms with E-state index >= 15 is 0 Å². The van der Waals surface area contributed by atoms with Crippen LogP contribution in [0.25, 0.3) is 0 Å². The smallest absolute Gasteiger partial charge is 0.0863 e. The molecule has 1 unspecified atom stereocenters. The predicted octanol–water partition coefficient (Wildman–Crippen LogP) is 3.38. The lowest BCUT2D eigenvalue weighted by Crippen LogP contribution is -2.27. The van der Waals surface area contributed by atoms with E-state index in [0.717, 1.165) is 47.7 Å². The molecule has 0 aliphatic rings. The molecule has 1 aromatic heterocycles. The van der Waals surface area contributed by atoms with Gasteiger partial charge in [-0.1, -0.05) is 34.5 Å². The van der Waals surface area contributed by atoms with E-state index in [1.54, 1.807) is 0 Å². The van der Waals surface area contributed by atoms with Gasteiger partial charge in [-0.2, -0.15) is 5.10 Å². The van der Waals surface area contributed by atoms with Gasteiger partial charge in [-0.25, -0.2) is 0 Å². The molecule has 5 heteroatoms. The van der Waals surface area contributed by atoms with Crippen molar-refractivity contribution in [2.45, 2.75) is 52.7 Å². The Morgan fingerprint density at radius 3 is 2.71 bits per heavy atom. The first-order chi connectivity index (χ1) is 8.13. The summed E-state index contributed by atoms with van der Waals surface area (Å²) >= 11 is 9.79. The molecule has 1 heterocycles. The van der Waals surface area contributed by atoms with Crippen LogP contribution in [0.2, 0.25) is 5.02 Å². The van der Waals surface area contributed by atoms with Crippen LogP contribution in [0.3, 0.4) is 0 Å². The summed E-state index contributed by atoms with van der Waals surface area (Å²) in [6.45, 7) is 8.01. The number of alkyl halides is 1. The van der Waals surface area contributed by atoms with E-state index in [-0.39, 0.29) is 0 Å². The Morgan fingerprint density at radius 2 is 2.18 bits per heavy atom. The summed E-state index contributed by atoms with van der Waals surface area (Å²) in [5.74, 6) is 0. The molecule has 0 saturated heterocycles. The lowest BCUT2D eigenvalue weighted by atomic mass is 10.2. The van der Waals surface area contributed by atoms with Crippen molar-refractivity contribution in [1.29, 1.82) is 0 Å². The zero-order valence-electron chi connectivity index (χ0n) is 10.8. The van der Waals surface area contributed by atoms with Gasteiger partial charge < -0.3 is 5.32 Å². The molecular weight excluding hydrogens is 302 g/mol. The lowest BCUT2D eigenvalue weighted by Gasteiger charge is -2.13. The fraction of sp³-hybridized carbons (Fsp3) is 0.750. The molecule has 17 heavy (non-hydrogen) atoms. The lowest BCUT2D eigenvalue weighted by molar-refractivity contribution is 0.509. The summed E-state index contributed by atoms with van der Waals surface area (Å²) in [6, 6.07) is 0.482. The SMILES string of the molecule is CCc1nn(CC)c(CNC(C)CCBr)c1Cl. The van der Waals surface area contributed by atoms with Crippen LogP contribution < -0.4 is 5.32 Å². The van der Waals surface area contributed by atoms with Crippen molar-refractivity contribution in [2.24, 2.45) is 0 Å². The number of hydrogen-bond donors (Lipinski definition) is 1. The third kappa shape index (κ3) is 3.97. The van der Waals surface area contributed by atoms with E-state index in [4.69, 9.17) is 11.6 Å². The average molecular weight is 323 g/mol. The number of nitrogens with one attached hydrogen (secondary N) is 1. The minimum absolute atomic E-state index is 0.482. The van der Waals surface area contributed by atoms with Crippen LogP contribution in [-0.4, -0.2) is 21.2 Å². The zero-order chi connectivity index (χ0) is 12.8. The summed E-state index contributed by atoms with van der Waals surface area (Å²) in [5, 5.41) is 9.83. The third-order valence-corrected chi connectivity index (χ3v) is 3.75. The van der Waals surface area contributed by atoms with Gasteiger partial charge in [0.1, 0.15) is 0 Å². The maximum absolute atomic E-state index is 6.34. The fourth-order valence-electron chi connectivity index (χ4n) is 1.72. The molecule has 0 radical (unpaired) electrons. The van der Waals surface area contributed by atoms with Crippen molar-refractivity contribution in [3.63, 3.8) is 0 Å². The van der Waals surface area contributed by atoms with Crippen LogP contribution >= 0.6 is 27.5 Å². The number of halogens is 2. The maximum atomic E-state index is 6.34. The van der Waals surface area contributed by atoms with E-state index in [1.165, 1.54) is 0 Å². The van der Waals surface area contributed by atoms with E-state index < -0.39 is 0 Å². The van der Waals surface area contributed by atoms with Gasteiger partial charge in [0.25, 0.3) is 0 Å². The Bertz CT molecular complexity index is 352. The molecule has 0 aliphatic carbocycles. The van der Waals surface area contributed by atoms with Crippen molar-refractivity contribution < 1.29 is 0 Å².